The van der Waals surface area contributed by atoms with Crippen LogP contribution in [0.2, 0.25) is 0 Å². The van der Waals surface area contributed by atoms with Crippen molar-refractivity contribution in [1.29, 1.82) is 0 Å². The highest BCUT2D eigenvalue weighted by Crippen LogP contribution is 2.18. The lowest BCUT2D eigenvalue weighted by Crippen LogP contribution is -2.49. The van der Waals surface area contributed by atoms with Gasteiger partial charge in [-0.2, -0.15) is 0 Å². The number of aryl methyl sites for hydroxylation is 1. The number of anilines is 1. The van der Waals surface area contributed by atoms with Gasteiger partial charge in [-0.3, -0.25) is 4.79 Å². The van der Waals surface area contributed by atoms with Gasteiger partial charge in [-0.15, -0.1) is 0 Å². The summed E-state index contributed by atoms with van der Waals surface area (Å²) >= 11 is 0. The Morgan fingerprint density at radius 1 is 1.15 bits per heavy atom. The average Bonchev–Trinajstić information content (AvgIpc) is 2.60. The second-order valence-electron chi connectivity index (χ2n) is 6.97. The van der Waals surface area contributed by atoms with Gasteiger partial charge in [0.1, 0.15) is 0 Å². The SMILES string of the molecule is CCCCN(CCC(=O)N1CCN(c2cccc(C)c2)CC1)S(C)(=O)=O. The van der Waals surface area contributed by atoms with E-state index in [1.165, 1.54) is 21.8 Å². The first-order chi connectivity index (χ1) is 12.3. The summed E-state index contributed by atoms with van der Waals surface area (Å²) < 4.78 is 25.1. The first-order valence-corrected chi connectivity index (χ1v) is 11.2. The molecule has 1 amide bonds. The Bertz CT molecular complexity index is 698. The van der Waals surface area contributed by atoms with Crippen molar-refractivity contribution in [2.45, 2.75) is 33.1 Å². The Morgan fingerprint density at radius 3 is 2.42 bits per heavy atom. The van der Waals surface area contributed by atoms with Crippen LogP contribution in [-0.4, -0.2) is 69.1 Å². The molecule has 0 aromatic heterocycles. The van der Waals surface area contributed by atoms with E-state index in [9.17, 15) is 13.2 Å². The van der Waals surface area contributed by atoms with Gasteiger partial charge in [0.15, 0.2) is 0 Å². The molecule has 0 aliphatic carbocycles. The number of amides is 1. The van der Waals surface area contributed by atoms with E-state index in [1.807, 2.05) is 11.8 Å². The van der Waals surface area contributed by atoms with Gasteiger partial charge in [-0.25, -0.2) is 12.7 Å². The van der Waals surface area contributed by atoms with Gasteiger partial charge < -0.3 is 9.80 Å². The fourth-order valence-corrected chi connectivity index (χ4v) is 4.08. The number of unbranched alkanes of at least 4 members (excludes halogenated alkanes) is 1. The number of carbonyl (C=O) groups excluding carboxylic acids is 1. The minimum Gasteiger partial charge on any atom is -0.368 e. The molecule has 1 aromatic rings. The molecule has 7 heteroatoms. The molecular formula is C19H31N3O3S. The van der Waals surface area contributed by atoms with Crippen LogP contribution in [0.25, 0.3) is 0 Å². The molecule has 1 aliphatic rings. The van der Waals surface area contributed by atoms with E-state index in [0.29, 0.717) is 19.6 Å². The molecule has 2 rings (SSSR count). The van der Waals surface area contributed by atoms with Crippen molar-refractivity contribution in [3.63, 3.8) is 0 Å². The molecule has 146 valence electrons. The summed E-state index contributed by atoms with van der Waals surface area (Å²) in [7, 11) is -3.26. The second-order valence-corrected chi connectivity index (χ2v) is 8.95. The Hall–Kier alpha value is -1.60. The molecule has 0 N–H and O–H groups in total. The normalized spacial score (nSPS) is 15.5. The zero-order chi connectivity index (χ0) is 19.2. The first kappa shape index (κ1) is 20.7. The van der Waals surface area contributed by atoms with Crippen LogP contribution in [0.5, 0.6) is 0 Å². The highest BCUT2D eigenvalue weighted by molar-refractivity contribution is 7.88. The van der Waals surface area contributed by atoms with E-state index in [-0.39, 0.29) is 18.9 Å². The monoisotopic (exact) mass is 381 g/mol. The minimum absolute atomic E-state index is 0.0408. The predicted molar refractivity (Wildman–Crippen MR) is 106 cm³/mol. The Kier molecular flexibility index (Phi) is 7.46. The Balaban J connectivity index is 1.84. The Labute approximate surface area is 157 Å². The fraction of sp³-hybridized carbons (Fsp3) is 0.632. The molecule has 1 aliphatic heterocycles. The summed E-state index contributed by atoms with van der Waals surface area (Å²) in [5.74, 6) is 0.0408. The van der Waals surface area contributed by atoms with Crippen LogP contribution < -0.4 is 4.90 Å². The van der Waals surface area contributed by atoms with Crippen LogP contribution >= 0.6 is 0 Å². The number of rotatable bonds is 8. The largest absolute Gasteiger partial charge is 0.368 e. The summed E-state index contributed by atoms with van der Waals surface area (Å²) in [5, 5.41) is 0. The topological polar surface area (TPSA) is 60.9 Å². The number of hydrogen-bond donors (Lipinski definition) is 0. The maximum Gasteiger partial charge on any atom is 0.224 e. The van der Waals surface area contributed by atoms with Crippen molar-refractivity contribution in [1.82, 2.24) is 9.21 Å². The lowest BCUT2D eigenvalue weighted by molar-refractivity contribution is -0.131. The molecule has 1 fully saturated rings. The van der Waals surface area contributed by atoms with Crippen molar-refractivity contribution >= 4 is 21.6 Å². The van der Waals surface area contributed by atoms with Crippen LogP contribution in [0, 0.1) is 6.92 Å². The summed E-state index contributed by atoms with van der Waals surface area (Å²) in [4.78, 5) is 16.6. The number of benzene rings is 1. The van der Waals surface area contributed by atoms with Crippen molar-refractivity contribution in [3.8, 4) is 0 Å². The number of hydrogen-bond acceptors (Lipinski definition) is 4. The zero-order valence-corrected chi connectivity index (χ0v) is 17.0. The highest BCUT2D eigenvalue weighted by Gasteiger charge is 2.23. The third-order valence-electron chi connectivity index (χ3n) is 4.80. The molecule has 26 heavy (non-hydrogen) atoms. The number of nitrogens with zero attached hydrogens (tertiary/aromatic N) is 3. The van der Waals surface area contributed by atoms with Crippen LogP contribution in [0.15, 0.2) is 24.3 Å². The molecule has 0 bridgehead atoms. The number of carbonyl (C=O) groups is 1. The third kappa shape index (κ3) is 5.99. The molecule has 0 spiro atoms. The van der Waals surface area contributed by atoms with Crippen LogP contribution in [0.3, 0.4) is 0 Å². The van der Waals surface area contributed by atoms with Gasteiger partial charge in [0.2, 0.25) is 15.9 Å². The van der Waals surface area contributed by atoms with Crippen LogP contribution in [0.1, 0.15) is 31.7 Å². The van der Waals surface area contributed by atoms with Crippen LogP contribution in [-0.2, 0) is 14.8 Å². The lowest BCUT2D eigenvalue weighted by atomic mass is 10.2. The van der Waals surface area contributed by atoms with E-state index in [4.69, 9.17) is 0 Å². The molecule has 6 nitrogen and oxygen atoms in total. The smallest absolute Gasteiger partial charge is 0.224 e. The van der Waals surface area contributed by atoms with Crippen LogP contribution in [0.4, 0.5) is 5.69 Å². The third-order valence-corrected chi connectivity index (χ3v) is 6.11. The predicted octanol–water partition coefficient (Wildman–Crippen LogP) is 2.10. The molecule has 0 radical (unpaired) electrons. The van der Waals surface area contributed by atoms with Gasteiger partial charge in [-0.1, -0.05) is 25.5 Å². The van der Waals surface area contributed by atoms with Gasteiger partial charge in [-0.05, 0) is 31.0 Å². The maximum atomic E-state index is 12.5. The lowest BCUT2D eigenvalue weighted by Gasteiger charge is -2.36. The molecule has 0 saturated carbocycles. The summed E-state index contributed by atoms with van der Waals surface area (Å²) in [6.07, 6.45) is 3.21. The van der Waals surface area contributed by atoms with Gasteiger partial charge in [0, 0.05) is 51.4 Å². The van der Waals surface area contributed by atoms with Crippen molar-refractivity contribution in [2.24, 2.45) is 0 Å². The fourth-order valence-electron chi connectivity index (χ4n) is 3.20. The minimum atomic E-state index is -3.26. The molecule has 0 unspecified atom stereocenters. The van der Waals surface area contributed by atoms with E-state index < -0.39 is 10.0 Å². The highest BCUT2D eigenvalue weighted by atomic mass is 32.2. The van der Waals surface area contributed by atoms with Gasteiger partial charge in [0.25, 0.3) is 0 Å². The summed E-state index contributed by atoms with van der Waals surface area (Å²) in [6.45, 7) is 7.84. The van der Waals surface area contributed by atoms with E-state index >= 15 is 0 Å². The Morgan fingerprint density at radius 2 is 1.85 bits per heavy atom. The van der Waals surface area contributed by atoms with Gasteiger partial charge >= 0.3 is 0 Å². The molecule has 1 aromatic carbocycles. The standard InChI is InChI=1S/C19H31N3O3S/c1-4-5-10-22(26(3,24)25)11-9-19(23)21-14-12-20(13-15-21)18-8-6-7-17(2)16-18/h6-8,16H,4-5,9-15H2,1-3H3. The molecular weight excluding hydrogens is 350 g/mol. The van der Waals surface area contributed by atoms with Gasteiger partial charge in [0.05, 0.1) is 6.26 Å². The number of sulfonamides is 1. The molecule has 0 atom stereocenters. The molecule has 1 saturated heterocycles. The average molecular weight is 382 g/mol. The zero-order valence-electron chi connectivity index (χ0n) is 16.1. The second kappa shape index (κ2) is 9.37. The summed E-state index contributed by atoms with van der Waals surface area (Å²) in [5.41, 5.74) is 2.42. The van der Waals surface area contributed by atoms with E-state index in [0.717, 1.165) is 25.9 Å². The van der Waals surface area contributed by atoms with E-state index in [2.05, 4.69) is 36.1 Å². The summed E-state index contributed by atoms with van der Waals surface area (Å²) in [6, 6.07) is 8.39. The number of piperazine rings is 1. The quantitative estimate of drug-likeness (QED) is 0.692. The molecule has 1 heterocycles. The first-order valence-electron chi connectivity index (χ1n) is 9.35. The van der Waals surface area contributed by atoms with Crippen molar-refractivity contribution in [2.75, 3.05) is 50.4 Å². The van der Waals surface area contributed by atoms with Crippen molar-refractivity contribution in [3.05, 3.63) is 29.8 Å². The van der Waals surface area contributed by atoms with E-state index in [1.54, 1.807) is 0 Å². The maximum absolute atomic E-state index is 12.5. The van der Waals surface area contributed by atoms with Crippen molar-refractivity contribution < 1.29 is 13.2 Å².